The molecule has 1 N–H and O–H groups in total. The van der Waals surface area contributed by atoms with Crippen LogP contribution in [0.5, 0.6) is 0 Å². The molecule has 1 saturated heterocycles. The summed E-state index contributed by atoms with van der Waals surface area (Å²) in [4.78, 5) is 13.3. The number of carbonyl (C=O) groups excluding carboxylic acids is 1. The van der Waals surface area contributed by atoms with E-state index >= 15 is 0 Å². The molecular weight excluding hydrogens is 218 g/mol. The van der Waals surface area contributed by atoms with Crippen molar-refractivity contribution in [2.45, 2.75) is 32.4 Å². The summed E-state index contributed by atoms with van der Waals surface area (Å²) < 4.78 is 10.6. The van der Waals surface area contributed by atoms with Gasteiger partial charge in [-0.15, -0.1) is 0 Å². The van der Waals surface area contributed by atoms with E-state index in [0.717, 1.165) is 13.0 Å². The van der Waals surface area contributed by atoms with Crippen molar-refractivity contribution >= 4 is 5.97 Å². The minimum Gasteiger partial charge on any atom is -0.457 e. The van der Waals surface area contributed by atoms with E-state index in [0.29, 0.717) is 12.0 Å². The van der Waals surface area contributed by atoms with Crippen LogP contribution in [0.15, 0.2) is 22.8 Å². The van der Waals surface area contributed by atoms with Crippen molar-refractivity contribution in [1.82, 2.24) is 0 Å². The van der Waals surface area contributed by atoms with Crippen molar-refractivity contribution < 1.29 is 18.8 Å². The van der Waals surface area contributed by atoms with Crippen LogP contribution in [0.25, 0.3) is 0 Å². The van der Waals surface area contributed by atoms with E-state index < -0.39 is 0 Å². The highest BCUT2D eigenvalue weighted by Crippen LogP contribution is 2.17. The lowest BCUT2D eigenvalue weighted by Crippen LogP contribution is -3.14. The average Bonchev–Trinajstić information content (AvgIpc) is 2.79. The zero-order chi connectivity index (χ0) is 12.4. The van der Waals surface area contributed by atoms with Gasteiger partial charge in [0.2, 0.25) is 5.76 Å². The molecule has 4 heteroatoms. The lowest BCUT2D eigenvalue weighted by atomic mass is 9.92. The zero-order valence-corrected chi connectivity index (χ0v) is 10.6. The van der Waals surface area contributed by atoms with Crippen LogP contribution in [0.4, 0.5) is 0 Å². The first-order valence-corrected chi connectivity index (χ1v) is 6.14. The van der Waals surface area contributed by atoms with Gasteiger partial charge in [0.05, 0.1) is 25.9 Å². The van der Waals surface area contributed by atoms with Crippen molar-refractivity contribution in [2.75, 3.05) is 13.6 Å². The van der Waals surface area contributed by atoms with Gasteiger partial charge in [-0.3, -0.25) is 0 Å². The molecule has 0 spiro atoms. The van der Waals surface area contributed by atoms with Gasteiger partial charge in [0.25, 0.3) is 0 Å². The molecule has 0 bridgehead atoms. The van der Waals surface area contributed by atoms with E-state index in [1.165, 1.54) is 11.2 Å². The predicted octanol–water partition coefficient (Wildman–Crippen LogP) is 0.748. The number of hydrogen-bond donors (Lipinski definition) is 1. The Hall–Kier alpha value is -1.29. The summed E-state index contributed by atoms with van der Waals surface area (Å²) >= 11 is 0. The van der Waals surface area contributed by atoms with Crippen molar-refractivity contribution in [3.8, 4) is 0 Å². The molecule has 94 valence electrons. The van der Waals surface area contributed by atoms with Gasteiger partial charge in [-0.1, -0.05) is 6.92 Å². The molecule has 0 radical (unpaired) electrons. The SMILES string of the molecule is C[C@@H]1C[NH+](C)[C@@H](C)C[C@H]1OC(=O)c1ccco1. The first-order chi connectivity index (χ1) is 8.08. The molecule has 0 aromatic carbocycles. The van der Waals surface area contributed by atoms with Crippen LogP contribution in [0.2, 0.25) is 0 Å². The normalized spacial score (nSPS) is 33.4. The molecule has 17 heavy (non-hydrogen) atoms. The zero-order valence-electron chi connectivity index (χ0n) is 10.6. The third kappa shape index (κ3) is 2.69. The quantitative estimate of drug-likeness (QED) is 0.773. The summed E-state index contributed by atoms with van der Waals surface area (Å²) in [5, 5.41) is 0. The fraction of sp³-hybridized carbons (Fsp3) is 0.615. The molecule has 1 fully saturated rings. The van der Waals surface area contributed by atoms with Gasteiger partial charge < -0.3 is 14.1 Å². The fourth-order valence-electron chi connectivity index (χ4n) is 2.38. The Morgan fingerprint density at radius 1 is 1.53 bits per heavy atom. The summed E-state index contributed by atoms with van der Waals surface area (Å²) in [7, 11) is 2.19. The molecule has 0 amide bonds. The van der Waals surface area contributed by atoms with Gasteiger partial charge in [-0.05, 0) is 19.1 Å². The largest absolute Gasteiger partial charge is 0.457 e. The van der Waals surface area contributed by atoms with Gasteiger partial charge >= 0.3 is 5.97 Å². The first kappa shape index (κ1) is 12.2. The molecule has 1 aliphatic heterocycles. The van der Waals surface area contributed by atoms with Crippen LogP contribution in [0, 0.1) is 5.92 Å². The minimum atomic E-state index is -0.349. The number of esters is 1. The Morgan fingerprint density at radius 3 is 2.94 bits per heavy atom. The van der Waals surface area contributed by atoms with Gasteiger partial charge in [0.15, 0.2) is 0 Å². The summed E-state index contributed by atoms with van der Waals surface area (Å²) in [6.45, 7) is 5.36. The topological polar surface area (TPSA) is 43.9 Å². The van der Waals surface area contributed by atoms with Crippen molar-refractivity contribution in [1.29, 1.82) is 0 Å². The molecule has 1 aromatic rings. The monoisotopic (exact) mass is 238 g/mol. The standard InChI is InChI=1S/C13H19NO3/c1-9-8-14(3)10(2)7-12(9)17-13(15)11-5-4-6-16-11/h4-6,9-10,12H,7-8H2,1-3H3/p+1/t9-,10+,12-/m1/s1. The van der Waals surface area contributed by atoms with Crippen LogP contribution < -0.4 is 4.90 Å². The summed E-state index contributed by atoms with van der Waals surface area (Å²) in [5.41, 5.74) is 0. The van der Waals surface area contributed by atoms with Crippen LogP contribution in [-0.4, -0.2) is 31.7 Å². The maximum absolute atomic E-state index is 11.8. The van der Waals surface area contributed by atoms with Crippen LogP contribution in [0.1, 0.15) is 30.8 Å². The van der Waals surface area contributed by atoms with Gasteiger partial charge in [-0.2, -0.15) is 0 Å². The Labute approximate surface area is 102 Å². The summed E-state index contributed by atoms with van der Waals surface area (Å²) in [5.74, 6) is 0.333. The smallest absolute Gasteiger partial charge is 0.374 e. The van der Waals surface area contributed by atoms with Crippen molar-refractivity contribution in [3.05, 3.63) is 24.2 Å². The maximum Gasteiger partial charge on any atom is 0.374 e. The van der Waals surface area contributed by atoms with E-state index in [1.54, 1.807) is 12.1 Å². The second-order valence-corrected chi connectivity index (χ2v) is 5.09. The van der Waals surface area contributed by atoms with Gasteiger partial charge in [-0.25, -0.2) is 4.79 Å². The first-order valence-electron chi connectivity index (χ1n) is 6.14. The Bertz CT molecular complexity index is 374. The highest BCUT2D eigenvalue weighted by atomic mass is 16.6. The van der Waals surface area contributed by atoms with E-state index in [9.17, 15) is 4.79 Å². The molecule has 1 aliphatic rings. The van der Waals surface area contributed by atoms with Gasteiger partial charge in [0, 0.05) is 12.3 Å². The van der Waals surface area contributed by atoms with Gasteiger partial charge in [0.1, 0.15) is 6.10 Å². The number of quaternary nitrogens is 1. The number of likely N-dealkylation sites (tertiary alicyclic amines) is 1. The van der Waals surface area contributed by atoms with Crippen molar-refractivity contribution in [2.24, 2.45) is 5.92 Å². The highest BCUT2D eigenvalue weighted by molar-refractivity contribution is 5.86. The molecule has 4 nitrogen and oxygen atoms in total. The lowest BCUT2D eigenvalue weighted by Gasteiger charge is -2.36. The Morgan fingerprint density at radius 2 is 2.29 bits per heavy atom. The number of rotatable bonds is 2. The number of ether oxygens (including phenoxy) is 1. The molecular formula is C13H20NO3+. The van der Waals surface area contributed by atoms with Crippen LogP contribution in [0.3, 0.4) is 0 Å². The highest BCUT2D eigenvalue weighted by Gasteiger charge is 2.34. The van der Waals surface area contributed by atoms with E-state index in [4.69, 9.17) is 9.15 Å². The maximum atomic E-state index is 11.8. The third-order valence-corrected chi connectivity index (χ3v) is 3.69. The third-order valence-electron chi connectivity index (χ3n) is 3.69. The predicted molar refractivity (Wildman–Crippen MR) is 62.9 cm³/mol. The molecule has 1 aromatic heterocycles. The molecule has 4 atom stereocenters. The summed E-state index contributed by atoms with van der Waals surface area (Å²) in [6.07, 6.45) is 2.41. The molecule has 1 unspecified atom stereocenters. The number of carbonyl (C=O) groups is 1. The van der Waals surface area contributed by atoms with E-state index in [1.807, 2.05) is 0 Å². The van der Waals surface area contributed by atoms with Crippen LogP contribution in [-0.2, 0) is 4.74 Å². The van der Waals surface area contributed by atoms with E-state index in [-0.39, 0.29) is 17.8 Å². The number of hydrogen-bond acceptors (Lipinski definition) is 3. The Kier molecular flexibility index (Phi) is 3.52. The second kappa shape index (κ2) is 4.92. The fourth-order valence-corrected chi connectivity index (χ4v) is 2.38. The second-order valence-electron chi connectivity index (χ2n) is 5.09. The Balaban J connectivity index is 1.97. The number of furan rings is 1. The molecule has 2 rings (SSSR count). The van der Waals surface area contributed by atoms with E-state index in [2.05, 4.69) is 20.9 Å². The molecule has 2 heterocycles. The lowest BCUT2D eigenvalue weighted by molar-refractivity contribution is -0.914. The molecule has 0 saturated carbocycles. The minimum absolute atomic E-state index is 0.00583. The molecule has 0 aliphatic carbocycles. The number of piperidine rings is 1. The number of nitrogens with one attached hydrogen (secondary N) is 1. The average molecular weight is 238 g/mol. The van der Waals surface area contributed by atoms with Crippen molar-refractivity contribution in [3.63, 3.8) is 0 Å². The van der Waals surface area contributed by atoms with Crippen LogP contribution >= 0.6 is 0 Å². The summed E-state index contributed by atoms with van der Waals surface area (Å²) in [6, 6.07) is 3.86.